The number of methoxy groups -OCH3 is 1. The molecule has 0 bridgehead atoms. The number of carbonyl (C=O) groups is 1. The van der Waals surface area contributed by atoms with Crippen LogP contribution in [0.15, 0.2) is 24.3 Å². The molecule has 0 atom stereocenters. The lowest BCUT2D eigenvalue weighted by Crippen LogP contribution is -2.43. The molecule has 0 radical (unpaired) electrons. The molecule has 1 aliphatic rings. The van der Waals surface area contributed by atoms with E-state index in [0.717, 1.165) is 25.0 Å². The molecule has 3 heteroatoms. The summed E-state index contributed by atoms with van der Waals surface area (Å²) in [4.78, 5) is 10.8. The quantitative estimate of drug-likeness (QED) is 0.812. The molecule has 0 aliphatic heterocycles. The highest BCUT2D eigenvalue weighted by Gasteiger charge is 2.33. The Morgan fingerprint density at radius 1 is 1.18 bits per heavy atom. The minimum atomic E-state index is -0.160. The summed E-state index contributed by atoms with van der Waals surface area (Å²) in [6.45, 7) is 0. The van der Waals surface area contributed by atoms with Gasteiger partial charge < -0.3 is 10.1 Å². The average molecular weight is 233 g/mol. The van der Waals surface area contributed by atoms with Crippen molar-refractivity contribution < 1.29 is 9.53 Å². The highest BCUT2D eigenvalue weighted by atomic mass is 16.5. The normalized spacial score (nSPS) is 18.4. The maximum absolute atomic E-state index is 10.8. The van der Waals surface area contributed by atoms with Crippen LogP contribution in [0.1, 0.15) is 37.7 Å². The zero-order valence-corrected chi connectivity index (χ0v) is 10.2. The number of hydrogen-bond acceptors (Lipinski definition) is 2. The van der Waals surface area contributed by atoms with Crippen LogP contribution in [0.25, 0.3) is 0 Å². The third-order valence-corrected chi connectivity index (χ3v) is 3.68. The van der Waals surface area contributed by atoms with Gasteiger partial charge in [0.2, 0.25) is 6.41 Å². The van der Waals surface area contributed by atoms with Gasteiger partial charge in [0.05, 0.1) is 12.6 Å². The molecule has 0 aromatic heterocycles. The Kier molecular flexibility index (Phi) is 3.67. The van der Waals surface area contributed by atoms with Crippen molar-refractivity contribution in [1.29, 1.82) is 0 Å². The first-order valence-corrected chi connectivity index (χ1v) is 6.17. The molecular formula is C14H19NO2. The molecule has 1 aromatic carbocycles. The standard InChI is InChI=1S/C14H19NO2/c1-17-13-7-5-12(6-8-13)14(15-11-16)9-3-2-4-10-14/h5-8,11H,2-4,9-10H2,1H3,(H,15,16). The summed E-state index contributed by atoms with van der Waals surface area (Å²) in [6, 6.07) is 8.03. The van der Waals surface area contributed by atoms with Crippen molar-refractivity contribution in [3.05, 3.63) is 29.8 Å². The predicted molar refractivity (Wildman–Crippen MR) is 67.0 cm³/mol. The molecule has 3 nitrogen and oxygen atoms in total. The minimum absolute atomic E-state index is 0.160. The Bertz CT molecular complexity index is 366. The fourth-order valence-electron chi connectivity index (χ4n) is 2.69. The summed E-state index contributed by atoms with van der Waals surface area (Å²) in [5.41, 5.74) is 1.02. The molecule has 92 valence electrons. The Balaban J connectivity index is 2.27. The topological polar surface area (TPSA) is 38.3 Å². The van der Waals surface area contributed by atoms with Crippen molar-refractivity contribution in [2.75, 3.05) is 7.11 Å². The maximum Gasteiger partial charge on any atom is 0.207 e. The van der Waals surface area contributed by atoms with E-state index in [-0.39, 0.29) is 5.54 Å². The van der Waals surface area contributed by atoms with E-state index < -0.39 is 0 Å². The predicted octanol–water partition coefficient (Wildman–Crippen LogP) is 2.60. The third kappa shape index (κ3) is 2.43. The molecule has 0 saturated heterocycles. The van der Waals surface area contributed by atoms with Gasteiger partial charge in [-0.25, -0.2) is 0 Å². The van der Waals surface area contributed by atoms with Gasteiger partial charge in [0.15, 0.2) is 0 Å². The lowest BCUT2D eigenvalue weighted by atomic mass is 9.77. The van der Waals surface area contributed by atoms with Gasteiger partial charge >= 0.3 is 0 Å². The van der Waals surface area contributed by atoms with Crippen molar-refractivity contribution in [3.8, 4) is 5.75 Å². The minimum Gasteiger partial charge on any atom is -0.497 e. The molecule has 1 aromatic rings. The van der Waals surface area contributed by atoms with Gasteiger partial charge in [0.1, 0.15) is 5.75 Å². The van der Waals surface area contributed by atoms with Crippen LogP contribution in [0.3, 0.4) is 0 Å². The first-order chi connectivity index (χ1) is 8.30. The molecule has 1 fully saturated rings. The van der Waals surface area contributed by atoms with Gasteiger partial charge in [-0.3, -0.25) is 4.79 Å². The smallest absolute Gasteiger partial charge is 0.207 e. The van der Waals surface area contributed by atoms with Gasteiger partial charge in [-0.1, -0.05) is 31.4 Å². The Morgan fingerprint density at radius 2 is 1.82 bits per heavy atom. The maximum atomic E-state index is 10.8. The third-order valence-electron chi connectivity index (χ3n) is 3.68. The van der Waals surface area contributed by atoms with E-state index in [1.165, 1.54) is 24.8 Å². The highest BCUT2D eigenvalue weighted by molar-refractivity contribution is 5.50. The summed E-state index contributed by atoms with van der Waals surface area (Å²) in [7, 11) is 1.66. The van der Waals surface area contributed by atoms with Crippen LogP contribution in [0.5, 0.6) is 5.75 Å². The van der Waals surface area contributed by atoms with Crippen LogP contribution in [0.4, 0.5) is 0 Å². The van der Waals surface area contributed by atoms with E-state index in [1.54, 1.807) is 7.11 Å². The second-order valence-corrected chi connectivity index (χ2v) is 4.63. The number of nitrogens with one attached hydrogen (secondary N) is 1. The zero-order valence-electron chi connectivity index (χ0n) is 10.2. The first kappa shape index (κ1) is 12.0. The molecule has 1 N–H and O–H groups in total. The Hall–Kier alpha value is -1.51. The second-order valence-electron chi connectivity index (χ2n) is 4.63. The summed E-state index contributed by atoms with van der Waals surface area (Å²) < 4.78 is 5.16. The van der Waals surface area contributed by atoms with Crippen LogP contribution in [0, 0.1) is 0 Å². The van der Waals surface area contributed by atoms with E-state index in [0.29, 0.717) is 0 Å². The van der Waals surface area contributed by atoms with Crippen molar-refractivity contribution in [3.63, 3.8) is 0 Å². The van der Waals surface area contributed by atoms with Crippen LogP contribution in [-0.2, 0) is 10.3 Å². The molecule has 0 unspecified atom stereocenters. The molecule has 2 rings (SSSR count). The van der Waals surface area contributed by atoms with E-state index >= 15 is 0 Å². The van der Waals surface area contributed by atoms with Gasteiger partial charge in [0, 0.05) is 0 Å². The monoisotopic (exact) mass is 233 g/mol. The summed E-state index contributed by atoms with van der Waals surface area (Å²) in [6.07, 6.45) is 6.49. The van der Waals surface area contributed by atoms with E-state index in [9.17, 15) is 4.79 Å². The Morgan fingerprint density at radius 3 is 2.35 bits per heavy atom. The molecule has 1 amide bonds. The van der Waals surface area contributed by atoms with Crippen LogP contribution >= 0.6 is 0 Å². The first-order valence-electron chi connectivity index (χ1n) is 6.17. The van der Waals surface area contributed by atoms with E-state index in [2.05, 4.69) is 17.4 Å². The largest absolute Gasteiger partial charge is 0.497 e. The summed E-state index contributed by atoms with van der Waals surface area (Å²) in [5.74, 6) is 0.853. The summed E-state index contributed by atoms with van der Waals surface area (Å²) >= 11 is 0. The van der Waals surface area contributed by atoms with Crippen LogP contribution in [0.2, 0.25) is 0 Å². The average Bonchev–Trinajstić information content (AvgIpc) is 2.40. The fraction of sp³-hybridized carbons (Fsp3) is 0.500. The number of rotatable bonds is 4. The number of ether oxygens (including phenoxy) is 1. The molecule has 1 aliphatic carbocycles. The van der Waals surface area contributed by atoms with Crippen molar-refractivity contribution in [2.45, 2.75) is 37.6 Å². The lowest BCUT2D eigenvalue weighted by molar-refractivity contribution is -0.111. The summed E-state index contributed by atoms with van der Waals surface area (Å²) in [5, 5.41) is 3.03. The van der Waals surface area contributed by atoms with Crippen molar-refractivity contribution >= 4 is 6.41 Å². The SMILES string of the molecule is COc1ccc(C2(NC=O)CCCCC2)cc1. The Labute approximate surface area is 102 Å². The van der Waals surface area contributed by atoms with E-state index in [4.69, 9.17) is 4.74 Å². The van der Waals surface area contributed by atoms with Crippen molar-refractivity contribution in [1.82, 2.24) is 5.32 Å². The van der Waals surface area contributed by atoms with Gasteiger partial charge in [-0.2, -0.15) is 0 Å². The number of amides is 1. The van der Waals surface area contributed by atoms with Gasteiger partial charge in [-0.15, -0.1) is 0 Å². The highest BCUT2D eigenvalue weighted by Crippen LogP contribution is 2.37. The molecule has 0 heterocycles. The van der Waals surface area contributed by atoms with Gasteiger partial charge in [0.25, 0.3) is 0 Å². The molecule has 0 spiro atoms. The van der Waals surface area contributed by atoms with Crippen LogP contribution in [-0.4, -0.2) is 13.5 Å². The molecule has 17 heavy (non-hydrogen) atoms. The van der Waals surface area contributed by atoms with E-state index in [1.807, 2.05) is 12.1 Å². The van der Waals surface area contributed by atoms with Crippen LogP contribution < -0.4 is 10.1 Å². The number of carbonyl (C=O) groups excluding carboxylic acids is 1. The number of hydrogen-bond donors (Lipinski definition) is 1. The molecule has 1 saturated carbocycles. The lowest BCUT2D eigenvalue weighted by Gasteiger charge is -2.37. The van der Waals surface area contributed by atoms with Gasteiger partial charge in [-0.05, 0) is 30.5 Å². The molecular weight excluding hydrogens is 214 g/mol. The number of benzene rings is 1. The second kappa shape index (κ2) is 5.21. The zero-order chi connectivity index (χ0) is 12.1. The fourth-order valence-corrected chi connectivity index (χ4v) is 2.69. The van der Waals surface area contributed by atoms with Crippen molar-refractivity contribution in [2.24, 2.45) is 0 Å².